The van der Waals surface area contributed by atoms with Crippen molar-refractivity contribution < 1.29 is 14.3 Å². The standard InChI is InChI=1S/C28H28IN3O3S/c1-35-24-13-7-21(8-14-24)15-17-31-25(19-26(33)30-23-11-9-22(29)10-12-23)27(34)32(28(31)36)18-16-20-5-3-2-4-6-20/h2-14,25H,15-19H2,1H3,(H,30,33). The predicted octanol–water partition coefficient (Wildman–Crippen LogP) is 4.91. The van der Waals surface area contributed by atoms with E-state index in [1.54, 1.807) is 12.0 Å². The van der Waals surface area contributed by atoms with E-state index in [9.17, 15) is 9.59 Å². The summed E-state index contributed by atoms with van der Waals surface area (Å²) in [5, 5.41) is 3.40. The summed E-state index contributed by atoms with van der Waals surface area (Å²) in [7, 11) is 1.64. The molecular weight excluding hydrogens is 585 g/mol. The van der Waals surface area contributed by atoms with E-state index in [0.29, 0.717) is 36.7 Å². The minimum absolute atomic E-state index is 0.0371. The summed E-state index contributed by atoms with van der Waals surface area (Å²) in [4.78, 5) is 29.9. The number of hydrogen-bond acceptors (Lipinski definition) is 4. The number of hydrogen-bond donors (Lipinski definition) is 1. The van der Waals surface area contributed by atoms with Crippen LogP contribution in [0.2, 0.25) is 0 Å². The van der Waals surface area contributed by atoms with Crippen LogP contribution < -0.4 is 10.1 Å². The van der Waals surface area contributed by atoms with Crippen molar-refractivity contribution in [1.82, 2.24) is 9.80 Å². The first-order valence-electron chi connectivity index (χ1n) is 11.8. The molecule has 2 amide bonds. The average Bonchev–Trinajstić information content (AvgIpc) is 3.11. The highest BCUT2D eigenvalue weighted by Crippen LogP contribution is 2.23. The van der Waals surface area contributed by atoms with Gasteiger partial charge < -0.3 is 15.0 Å². The molecule has 1 aliphatic heterocycles. The molecule has 4 rings (SSSR count). The summed E-state index contributed by atoms with van der Waals surface area (Å²) < 4.78 is 6.33. The summed E-state index contributed by atoms with van der Waals surface area (Å²) in [6.45, 7) is 1.02. The number of carbonyl (C=O) groups excluding carboxylic acids is 2. The largest absolute Gasteiger partial charge is 0.497 e. The van der Waals surface area contributed by atoms with Gasteiger partial charge in [0.1, 0.15) is 11.8 Å². The van der Waals surface area contributed by atoms with Crippen molar-refractivity contribution in [3.05, 3.63) is 93.6 Å². The molecule has 1 saturated heterocycles. The van der Waals surface area contributed by atoms with Crippen molar-refractivity contribution in [2.75, 3.05) is 25.5 Å². The molecule has 1 unspecified atom stereocenters. The molecule has 36 heavy (non-hydrogen) atoms. The van der Waals surface area contributed by atoms with Gasteiger partial charge in [0.25, 0.3) is 5.91 Å². The molecule has 8 heteroatoms. The zero-order valence-corrected chi connectivity index (χ0v) is 23.0. The van der Waals surface area contributed by atoms with Crippen LogP contribution in [0.4, 0.5) is 5.69 Å². The SMILES string of the molecule is COc1ccc(CCN2C(=S)N(CCc3ccccc3)C(=O)C2CC(=O)Nc2ccc(I)cc2)cc1. The van der Waals surface area contributed by atoms with E-state index in [1.807, 2.05) is 83.8 Å². The van der Waals surface area contributed by atoms with Crippen LogP contribution in [0.15, 0.2) is 78.9 Å². The van der Waals surface area contributed by atoms with Gasteiger partial charge in [-0.1, -0.05) is 42.5 Å². The molecule has 1 fully saturated rings. The zero-order valence-electron chi connectivity index (χ0n) is 20.0. The number of methoxy groups -OCH3 is 1. The Morgan fingerprint density at radius 3 is 2.25 bits per heavy atom. The summed E-state index contributed by atoms with van der Waals surface area (Å²) in [5.74, 6) is 0.461. The molecular formula is C28H28IN3O3S. The molecule has 186 valence electrons. The van der Waals surface area contributed by atoms with Gasteiger partial charge in [-0.25, -0.2) is 0 Å². The number of ether oxygens (including phenoxy) is 1. The van der Waals surface area contributed by atoms with Gasteiger partial charge in [-0.3, -0.25) is 14.5 Å². The fourth-order valence-electron chi connectivity index (χ4n) is 4.20. The molecule has 6 nitrogen and oxygen atoms in total. The fourth-order valence-corrected chi connectivity index (χ4v) is 4.96. The Balaban J connectivity index is 1.47. The Bertz CT molecular complexity index is 1200. The Labute approximate surface area is 230 Å². The minimum Gasteiger partial charge on any atom is -0.497 e. The third kappa shape index (κ3) is 6.61. The van der Waals surface area contributed by atoms with Crippen molar-refractivity contribution in [2.45, 2.75) is 25.3 Å². The highest BCUT2D eigenvalue weighted by atomic mass is 127. The third-order valence-corrected chi connectivity index (χ3v) is 7.35. The molecule has 1 atom stereocenters. The van der Waals surface area contributed by atoms with Crippen molar-refractivity contribution in [1.29, 1.82) is 0 Å². The smallest absolute Gasteiger partial charge is 0.252 e. The van der Waals surface area contributed by atoms with E-state index in [1.165, 1.54) is 0 Å². The lowest BCUT2D eigenvalue weighted by atomic mass is 10.1. The molecule has 0 saturated carbocycles. The molecule has 3 aromatic rings. The maximum Gasteiger partial charge on any atom is 0.252 e. The van der Waals surface area contributed by atoms with E-state index in [-0.39, 0.29) is 18.2 Å². The number of rotatable bonds is 10. The van der Waals surface area contributed by atoms with Gasteiger partial charge in [-0.15, -0.1) is 0 Å². The first-order chi connectivity index (χ1) is 17.4. The predicted molar refractivity (Wildman–Crippen MR) is 154 cm³/mol. The molecule has 0 spiro atoms. The van der Waals surface area contributed by atoms with Gasteiger partial charge >= 0.3 is 0 Å². The number of halogens is 1. The second kappa shape index (κ2) is 12.3. The molecule has 1 aliphatic rings. The summed E-state index contributed by atoms with van der Waals surface area (Å²) in [6, 6.07) is 24.8. The van der Waals surface area contributed by atoms with Crippen molar-refractivity contribution >= 4 is 57.4 Å². The van der Waals surface area contributed by atoms with E-state index in [0.717, 1.165) is 20.4 Å². The second-order valence-corrected chi connectivity index (χ2v) is 10.2. The lowest BCUT2D eigenvalue weighted by Gasteiger charge is -2.24. The molecule has 3 aromatic carbocycles. The first-order valence-corrected chi connectivity index (χ1v) is 13.3. The lowest BCUT2D eigenvalue weighted by molar-refractivity contribution is -0.130. The van der Waals surface area contributed by atoms with Crippen molar-refractivity contribution in [3.8, 4) is 5.75 Å². The second-order valence-electron chi connectivity index (χ2n) is 8.57. The Kier molecular flexibility index (Phi) is 8.93. The monoisotopic (exact) mass is 613 g/mol. The van der Waals surface area contributed by atoms with Gasteiger partial charge in [0.15, 0.2) is 5.11 Å². The quantitative estimate of drug-likeness (QED) is 0.260. The normalized spacial score (nSPS) is 15.3. The Hall–Kier alpha value is -2.98. The van der Waals surface area contributed by atoms with Gasteiger partial charge in [0, 0.05) is 22.3 Å². The van der Waals surface area contributed by atoms with Crippen LogP contribution in [0.5, 0.6) is 5.75 Å². The van der Waals surface area contributed by atoms with E-state index < -0.39 is 6.04 Å². The van der Waals surface area contributed by atoms with Crippen LogP contribution in [-0.4, -0.2) is 53.0 Å². The topological polar surface area (TPSA) is 61.9 Å². The minimum atomic E-state index is -0.629. The molecule has 0 aromatic heterocycles. The number of benzene rings is 3. The van der Waals surface area contributed by atoms with Crippen LogP contribution in [0.1, 0.15) is 17.5 Å². The molecule has 0 aliphatic carbocycles. The zero-order chi connectivity index (χ0) is 25.5. The maximum atomic E-state index is 13.5. The highest BCUT2D eigenvalue weighted by molar-refractivity contribution is 14.1. The molecule has 0 radical (unpaired) electrons. The fraction of sp³-hybridized carbons (Fsp3) is 0.250. The maximum absolute atomic E-state index is 13.5. The highest BCUT2D eigenvalue weighted by Gasteiger charge is 2.42. The Morgan fingerprint density at radius 1 is 0.944 bits per heavy atom. The van der Waals surface area contributed by atoms with E-state index >= 15 is 0 Å². The summed E-state index contributed by atoms with van der Waals surface area (Å²) in [6.07, 6.45) is 1.43. The number of carbonyl (C=O) groups is 2. The summed E-state index contributed by atoms with van der Waals surface area (Å²) in [5.41, 5.74) is 2.95. The summed E-state index contributed by atoms with van der Waals surface area (Å²) >= 11 is 7.98. The van der Waals surface area contributed by atoms with Crippen LogP contribution in [0, 0.1) is 3.57 Å². The van der Waals surface area contributed by atoms with Crippen molar-refractivity contribution in [2.24, 2.45) is 0 Å². The molecule has 0 bridgehead atoms. The lowest BCUT2D eigenvalue weighted by Crippen LogP contribution is -2.39. The number of nitrogens with one attached hydrogen (secondary N) is 1. The molecule has 1 heterocycles. The van der Waals surface area contributed by atoms with Crippen LogP contribution >= 0.6 is 34.8 Å². The van der Waals surface area contributed by atoms with E-state index in [2.05, 4.69) is 27.9 Å². The average molecular weight is 614 g/mol. The van der Waals surface area contributed by atoms with Gasteiger partial charge in [-0.05, 0) is 95.2 Å². The number of amides is 2. The van der Waals surface area contributed by atoms with Crippen LogP contribution in [-0.2, 0) is 22.4 Å². The Morgan fingerprint density at radius 2 is 1.58 bits per heavy atom. The van der Waals surface area contributed by atoms with Crippen molar-refractivity contribution in [3.63, 3.8) is 0 Å². The third-order valence-electron chi connectivity index (χ3n) is 6.18. The molecule has 1 N–H and O–H groups in total. The number of anilines is 1. The number of nitrogens with zero attached hydrogens (tertiary/aromatic N) is 2. The van der Waals surface area contributed by atoms with Gasteiger partial charge in [0.2, 0.25) is 5.91 Å². The van der Waals surface area contributed by atoms with Gasteiger partial charge in [0.05, 0.1) is 13.5 Å². The first kappa shape index (κ1) is 26.1. The number of thiocarbonyl (C=S) groups is 1. The van der Waals surface area contributed by atoms with Gasteiger partial charge in [-0.2, -0.15) is 0 Å². The van der Waals surface area contributed by atoms with E-state index in [4.69, 9.17) is 17.0 Å². The van der Waals surface area contributed by atoms with Crippen LogP contribution in [0.3, 0.4) is 0 Å². The van der Waals surface area contributed by atoms with Crippen LogP contribution in [0.25, 0.3) is 0 Å².